The number of para-hydroxylation sites is 2. The molecular weight excluding hydrogens is 743 g/mol. The summed E-state index contributed by atoms with van der Waals surface area (Å²) in [5.41, 5.74) is 11.5. The van der Waals surface area contributed by atoms with Gasteiger partial charge < -0.3 is 13.4 Å². The van der Waals surface area contributed by atoms with Crippen LogP contribution in [0.5, 0.6) is 0 Å². The SMILES string of the molecule is c1ccc2c(c1)ccc1oc3ccc(-c4cc(-n5c6ccccc6c6cc(-c7ccc8c9ccccc9c9ccccc9c8c7)ccc65)cc5oc6ccccc6c45)cc3c12. The lowest BCUT2D eigenvalue weighted by molar-refractivity contribution is 0.668. The molecule has 0 amide bonds. The summed E-state index contributed by atoms with van der Waals surface area (Å²) in [5, 5.41) is 17.0. The van der Waals surface area contributed by atoms with E-state index in [1.54, 1.807) is 0 Å². The van der Waals surface area contributed by atoms with Crippen LogP contribution in [0.15, 0.2) is 209 Å². The molecule has 14 rings (SSSR count). The van der Waals surface area contributed by atoms with Crippen molar-refractivity contribution in [1.82, 2.24) is 4.57 Å². The molecule has 0 bridgehead atoms. The normalized spacial score (nSPS) is 12.3. The van der Waals surface area contributed by atoms with Crippen LogP contribution in [0, 0.1) is 0 Å². The minimum atomic E-state index is 0.856. The maximum absolute atomic E-state index is 6.72. The minimum Gasteiger partial charge on any atom is -0.456 e. The predicted octanol–water partition coefficient (Wildman–Crippen LogP) is 16.5. The van der Waals surface area contributed by atoms with Gasteiger partial charge in [0, 0.05) is 38.4 Å². The highest BCUT2D eigenvalue weighted by atomic mass is 16.3. The number of fused-ring (bicyclic) bond motifs is 17. The molecule has 3 heteroatoms. The maximum Gasteiger partial charge on any atom is 0.138 e. The van der Waals surface area contributed by atoms with Gasteiger partial charge in [0.25, 0.3) is 0 Å². The van der Waals surface area contributed by atoms with E-state index in [2.05, 4.69) is 199 Å². The van der Waals surface area contributed by atoms with Crippen LogP contribution in [0.3, 0.4) is 0 Å². The standard InChI is InChI=1S/C58H33NO2/c1-2-12-39-34(11-1)23-28-55-57(39)50-31-37(24-27-54(50)60-55)47-32-38(33-56-58(47)46-18-8-10-20-53(46)61-56)59-51-19-9-7-17-45(51)49-30-36(22-26-52(49)59)35-21-25-44-42-15-4-3-13-40(42)41-14-5-6-16-43(41)48(44)29-35/h1-33H. The number of rotatable bonds is 3. The molecule has 0 N–H and O–H groups in total. The van der Waals surface area contributed by atoms with Gasteiger partial charge in [-0.3, -0.25) is 0 Å². The largest absolute Gasteiger partial charge is 0.456 e. The summed E-state index contributed by atoms with van der Waals surface area (Å²) in [6.07, 6.45) is 0. The molecule has 282 valence electrons. The molecule has 61 heavy (non-hydrogen) atoms. The Balaban J connectivity index is 0.999. The lowest BCUT2D eigenvalue weighted by Crippen LogP contribution is -1.95. The number of hydrogen-bond donors (Lipinski definition) is 0. The second-order valence-electron chi connectivity index (χ2n) is 16.4. The topological polar surface area (TPSA) is 31.2 Å². The average Bonchev–Trinajstić information content (AvgIpc) is 4.00. The molecule has 0 atom stereocenters. The Morgan fingerprint density at radius 3 is 1.62 bits per heavy atom. The van der Waals surface area contributed by atoms with Crippen molar-refractivity contribution < 1.29 is 8.83 Å². The Morgan fingerprint density at radius 1 is 0.279 bits per heavy atom. The molecule has 0 aliphatic carbocycles. The fourth-order valence-corrected chi connectivity index (χ4v) is 10.4. The Morgan fingerprint density at radius 2 is 0.820 bits per heavy atom. The summed E-state index contributed by atoms with van der Waals surface area (Å²) in [6, 6.07) is 72.7. The van der Waals surface area contributed by atoms with Crippen LogP contribution in [0.1, 0.15) is 0 Å². The third-order valence-electron chi connectivity index (χ3n) is 13.1. The first-order valence-corrected chi connectivity index (χ1v) is 20.9. The molecule has 0 saturated heterocycles. The molecule has 3 aromatic heterocycles. The zero-order valence-electron chi connectivity index (χ0n) is 32.8. The molecular formula is C58H33NO2. The lowest BCUT2D eigenvalue weighted by Gasteiger charge is -2.13. The molecule has 3 nitrogen and oxygen atoms in total. The zero-order valence-corrected chi connectivity index (χ0v) is 32.8. The van der Waals surface area contributed by atoms with E-state index in [0.717, 1.165) is 71.7 Å². The van der Waals surface area contributed by atoms with Crippen molar-refractivity contribution in [1.29, 1.82) is 0 Å². The first-order valence-electron chi connectivity index (χ1n) is 20.9. The summed E-state index contributed by atoms with van der Waals surface area (Å²) in [6.45, 7) is 0. The Kier molecular flexibility index (Phi) is 6.56. The van der Waals surface area contributed by atoms with E-state index in [9.17, 15) is 0 Å². The molecule has 0 spiro atoms. The molecule has 11 aromatic carbocycles. The molecule has 0 aliphatic heterocycles. The van der Waals surface area contributed by atoms with Crippen LogP contribution in [0.25, 0.3) is 137 Å². The van der Waals surface area contributed by atoms with Gasteiger partial charge in [-0.1, -0.05) is 140 Å². The minimum absolute atomic E-state index is 0.856. The van der Waals surface area contributed by atoms with Crippen molar-refractivity contribution in [2.75, 3.05) is 0 Å². The molecule has 0 radical (unpaired) electrons. The summed E-state index contributed by atoms with van der Waals surface area (Å²) in [7, 11) is 0. The van der Waals surface area contributed by atoms with E-state index in [1.165, 1.54) is 65.0 Å². The van der Waals surface area contributed by atoms with Gasteiger partial charge in [-0.05, 0) is 120 Å². The van der Waals surface area contributed by atoms with Crippen molar-refractivity contribution in [3.8, 4) is 27.9 Å². The summed E-state index contributed by atoms with van der Waals surface area (Å²) in [4.78, 5) is 0. The van der Waals surface area contributed by atoms with Crippen LogP contribution in [0.4, 0.5) is 0 Å². The second-order valence-corrected chi connectivity index (χ2v) is 16.4. The lowest BCUT2D eigenvalue weighted by atomic mass is 9.92. The Bertz CT molecular complexity index is 4140. The van der Waals surface area contributed by atoms with Crippen molar-refractivity contribution in [2.24, 2.45) is 0 Å². The van der Waals surface area contributed by atoms with Crippen molar-refractivity contribution in [3.05, 3.63) is 200 Å². The molecule has 14 aromatic rings. The fraction of sp³-hybridized carbons (Fsp3) is 0. The quantitative estimate of drug-likeness (QED) is 0.167. The number of aromatic nitrogens is 1. The zero-order chi connectivity index (χ0) is 39.8. The van der Waals surface area contributed by atoms with Gasteiger partial charge >= 0.3 is 0 Å². The van der Waals surface area contributed by atoms with Crippen molar-refractivity contribution >= 4 is 109 Å². The van der Waals surface area contributed by atoms with E-state index in [4.69, 9.17) is 8.83 Å². The monoisotopic (exact) mass is 775 g/mol. The third-order valence-corrected chi connectivity index (χ3v) is 13.1. The molecule has 3 heterocycles. The van der Waals surface area contributed by atoms with Crippen LogP contribution >= 0.6 is 0 Å². The van der Waals surface area contributed by atoms with Gasteiger partial charge in [-0.25, -0.2) is 0 Å². The van der Waals surface area contributed by atoms with E-state index in [0.29, 0.717) is 0 Å². The van der Waals surface area contributed by atoms with Gasteiger partial charge in [0.15, 0.2) is 0 Å². The van der Waals surface area contributed by atoms with Crippen LogP contribution < -0.4 is 0 Å². The number of benzene rings is 11. The number of furan rings is 2. The molecule has 0 unspecified atom stereocenters. The van der Waals surface area contributed by atoms with Gasteiger partial charge in [-0.15, -0.1) is 0 Å². The van der Waals surface area contributed by atoms with Gasteiger partial charge in [0.2, 0.25) is 0 Å². The highest BCUT2D eigenvalue weighted by Gasteiger charge is 2.21. The van der Waals surface area contributed by atoms with Crippen LogP contribution in [-0.2, 0) is 0 Å². The Labute approximate surface area is 348 Å². The summed E-state index contributed by atoms with van der Waals surface area (Å²) < 4.78 is 15.6. The van der Waals surface area contributed by atoms with Gasteiger partial charge in [0.05, 0.1) is 16.7 Å². The molecule has 0 fully saturated rings. The maximum atomic E-state index is 6.72. The fourth-order valence-electron chi connectivity index (χ4n) is 10.4. The van der Waals surface area contributed by atoms with Gasteiger partial charge in [-0.2, -0.15) is 0 Å². The second kappa shape index (κ2) is 12.2. The van der Waals surface area contributed by atoms with Crippen molar-refractivity contribution in [3.63, 3.8) is 0 Å². The van der Waals surface area contributed by atoms with Gasteiger partial charge in [0.1, 0.15) is 22.3 Å². The van der Waals surface area contributed by atoms with Crippen LogP contribution in [-0.4, -0.2) is 4.57 Å². The highest BCUT2D eigenvalue weighted by molar-refractivity contribution is 6.26. The number of hydrogen-bond acceptors (Lipinski definition) is 2. The first kappa shape index (κ1) is 32.8. The average molecular weight is 776 g/mol. The number of nitrogens with zero attached hydrogens (tertiary/aromatic N) is 1. The van der Waals surface area contributed by atoms with E-state index >= 15 is 0 Å². The summed E-state index contributed by atoms with van der Waals surface area (Å²) in [5.74, 6) is 0. The summed E-state index contributed by atoms with van der Waals surface area (Å²) >= 11 is 0. The predicted molar refractivity (Wildman–Crippen MR) is 256 cm³/mol. The highest BCUT2D eigenvalue weighted by Crippen LogP contribution is 2.44. The molecule has 0 saturated carbocycles. The van der Waals surface area contributed by atoms with Crippen LogP contribution in [0.2, 0.25) is 0 Å². The van der Waals surface area contributed by atoms with Crippen molar-refractivity contribution in [2.45, 2.75) is 0 Å². The smallest absolute Gasteiger partial charge is 0.138 e. The Hall–Kier alpha value is -8.14. The third kappa shape index (κ3) is 4.63. The van der Waals surface area contributed by atoms with E-state index in [1.807, 2.05) is 6.07 Å². The van der Waals surface area contributed by atoms with E-state index < -0.39 is 0 Å². The molecule has 0 aliphatic rings. The van der Waals surface area contributed by atoms with E-state index in [-0.39, 0.29) is 0 Å². The first-order chi connectivity index (χ1) is 30.2.